The molecule has 0 bridgehead atoms. The predicted octanol–water partition coefficient (Wildman–Crippen LogP) is 4.16. The number of hydrogen-bond donors (Lipinski definition) is 3. The van der Waals surface area contributed by atoms with Crippen molar-refractivity contribution < 1.29 is 19.0 Å². The first kappa shape index (κ1) is 21.0. The lowest BCUT2D eigenvalue weighted by atomic mass is 10.0. The number of fused-ring (bicyclic) bond motifs is 2. The second-order valence-electron chi connectivity index (χ2n) is 8.79. The number of anilines is 1. The molecule has 1 aromatic heterocycles. The molecule has 5 rings (SSSR count). The molecule has 0 unspecified atom stereocenters. The van der Waals surface area contributed by atoms with E-state index in [1.807, 2.05) is 42.6 Å². The van der Waals surface area contributed by atoms with Crippen LogP contribution >= 0.6 is 0 Å². The molecular weight excluding hydrogens is 406 g/mol. The number of carbonyl (C=O) groups excluding carboxylic acids is 1. The van der Waals surface area contributed by atoms with Crippen molar-refractivity contribution in [1.29, 1.82) is 0 Å². The summed E-state index contributed by atoms with van der Waals surface area (Å²) in [5.41, 5.74) is 4.26. The minimum absolute atomic E-state index is 0.0499. The van der Waals surface area contributed by atoms with Crippen molar-refractivity contribution >= 4 is 22.7 Å². The van der Waals surface area contributed by atoms with Crippen LogP contribution in [0.1, 0.15) is 30.9 Å². The molecule has 2 saturated heterocycles. The van der Waals surface area contributed by atoms with Crippen LogP contribution in [0, 0.1) is 0 Å². The van der Waals surface area contributed by atoms with E-state index < -0.39 is 12.2 Å². The van der Waals surface area contributed by atoms with Crippen molar-refractivity contribution in [2.75, 3.05) is 18.5 Å². The van der Waals surface area contributed by atoms with E-state index in [4.69, 9.17) is 14.2 Å². The van der Waals surface area contributed by atoms with Gasteiger partial charge in [0.2, 0.25) is 0 Å². The molecule has 168 valence electrons. The first-order valence-electron chi connectivity index (χ1n) is 11.2. The lowest BCUT2D eigenvalue weighted by Crippen LogP contribution is -2.41. The summed E-state index contributed by atoms with van der Waals surface area (Å²) in [6.45, 7) is 5.84. The quantitative estimate of drug-likeness (QED) is 0.541. The van der Waals surface area contributed by atoms with Crippen molar-refractivity contribution in [1.82, 2.24) is 10.3 Å². The Kier molecular flexibility index (Phi) is 5.87. The molecule has 2 fully saturated rings. The molecule has 0 spiro atoms. The number of hydrogen-bond acceptors (Lipinski definition) is 5. The van der Waals surface area contributed by atoms with Gasteiger partial charge in [-0.3, -0.25) is 5.32 Å². The van der Waals surface area contributed by atoms with E-state index in [9.17, 15) is 4.79 Å². The van der Waals surface area contributed by atoms with Crippen LogP contribution in [-0.4, -0.2) is 48.6 Å². The maximum atomic E-state index is 12.4. The Bertz CT molecular complexity index is 1080. The highest BCUT2D eigenvalue weighted by molar-refractivity contribution is 5.85. The Hall–Kier alpha value is -2.87. The maximum Gasteiger partial charge on any atom is 0.412 e. The molecule has 7 heteroatoms. The molecule has 7 nitrogen and oxygen atoms in total. The molecule has 2 aromatic carbocycles. The number of ether oxygens (including phenoxy) is 3. The zero-order valence-corrected chi connectivity index (χ0v) is 18.3. The highest BCUT2D eigenvalue weighted by atomic mass is 16.6. The topological polar surface area (TPSA) is 84.6 Å². The summed E-state index contributed by atoms with van der Waals surface area (Å²) in [6, 6.07) is 16.1. The van der Waals surface area contributed by atoms with Gasteiger partial charge in [0.15, 0.2) is 6.10 Å². The van der Waals surface area contributed by atoms with Gasteiger partial charge in [-0.05, 0) is 35.2 Å². The number of carbonyl (C=O) groups is 1. The van der Waals surface area contributed by atoms with Crippen molar-refractivity contribution in [2.24, 2.45) is 0 Å². The molecule has 2 aliphatic rings. The molecular formula is C25H29N3O4. The SMILES string of the molecule is CC(C)c1ccc(NC(=O)O[C@@H]2CO[C@H]3[C@@H]2OC[C@@H]3NCc2c[nH]c3ccccc23)cc1. The van der Waals surface area contributed by atoms with Crippen LogP contribution in [0.5, 0.6) is 0 Å². The fourth-order valence-electron chi connectivity index (χ4n) is 4.50. The van der Waals surface area contributed by atoms with Gasteiger partial charge in [0.05, 0.1) is 19.3 Å². The Morgan fingerprint density at radius 2 is 1.88 bits per heavy atom. The van der Waals surface area contributed by atoms with E-state index in [-0.39, 0.29) is 18.2 Å². The van der Waals surface area contributed by atoms with Crippen LogP contribution in [0.2, 0.25) is 0 Å². The Morgan fingerprint density at radius 1 is 1.09 bits per heavy atom. The first-order valence-corrected chi connectivity index (χ1v) is 11.2. The van der Waals surface area contributed by atoms with E-state index in [0.717, 1.165) is 5.52 Å². The number of aromatic amines is 1. The Labute approximate surface area is 187 Å². The van der Waals surface area contributed by atoms with Gasteiger partial charge in [-0.15, -0.1) is 0 Å². The van der Waals surface area contributed by atoms with Crippen LogP contribution in [-0.2, 0) is 20.8 Å². The number of H-pyrrole nitrogens is 1. The molecule has 1 amide bonds. The van der Waals surface area contributed by atoms with Gasteiger partial charge in [-0.1, -0.05) is 44.2 Å². The summed E-state index contributed by atoms with van der Waals surface area (Å²) in [5, 5.41) is 7.56. The largest absolute Gasteiger partial charge is 0.441 e. The number of benzene rings is 2. The summed E-state index contributed by atoms with van der Waals surface area (Å²) in [6.07, 6.45) is 0.725. The van der Waals surface area contributed by atoms with Crippen molar-refractivity contribution in [3.63, 3.8) is 0 Å². The smallest absolute Gasteiger partial charge is 0.412 e. The van der Waals surface area contributed by atoms with Crippen molar-refractivity contribution in [3.05, 3.63) is 65.9 Å². The molecule has 2 aliphatic heterocycles. The summed E-state index contributed by atoms with van der Waals surface area (Å²) in [5.74, 6) is 0.445. The van der Waals surface area contributed by atoms with Gasteiger partial charge in [0, 0.05) is 29.3 Å². The van der Waals surface area contributed by atoms with Crippen molar-refractivity contribution in [3.8, 4) is 0 Å². The van der Waals surface area contributed by atoms with Crippen LogP contribution in [0.4, 0.5) is 10.5 Å². The van der Waals surface area contributed by atoms with Crippen LogP contribution in [0.3, 0.4) is 0 Å². The van der Waals surface area contributed by atoms with E-state index in [1.165, 1.54) is 16.5 Å². The average molecular weight is 436 g/mol. The van der Waals surface area contributed by atoms with Crippen LogP contribution in [0.15, 0.2) is 54.7 Å². The average Bonchev–Trinajstić information content (AvgIpc) is 3.49. The number of amides is 1. The van der Waals surface area contributed by atoms with Crippen LogP contribution < -0.4 is 10.6 Å². The van der Waals surface area contributed by atoms with Gasteiger partial charge < -0.3 is 24.5 Å². The monoisotopic (exact) mass is 435 g/mol. The standard InChI is InChI=1S/C25H29N3O4/c1-15(2)16-7-9-18(10-8-16)28-25(29)32-22-14-31-23-21(13-30-24(22)23)27-12-17-11-26-20-6-4-3-5-19(17)20/h3-11,15,21-24,26-27H,12-14H2,1-2H3,(H,28,29)/t21-,22+,23+,24+/m0/s1. The number of para-hydroxylation sites is 1. The summed E-state index contributed by atoms with van der Waals surface area (Å²) in [4.78, 5) is 15.7. The first-order chi connectivity index (χ1) is 15.6. The third-order valence-corrected chi connectivity index (χ3v) is 6.32. The fraction of sp³-hybridized carbons (Fsp3) is 0.400. The zero-order chi connectivity index (χ0) is 22.1. The molecule has 3 heterocycles. The molecule has 0 saturated carbocycles. The highest BCUT2D eigenvalue weighted by Gasteiger charge is 2.49. The summed E-state index contributed by atoms with van der Waals surface area (Å²) in [7, 11) is 0. The van der Waals surface area contributed by atoms with Crippen LogP contribution in [0.25, 0.3) is 10.9 Å². The fourth-order valence-corrected chi connectivity index (χ4v) is 4.50. The molecule has 3 aromatic rings. The minimum Gasteiger partial charge on any atom is -0.441 e. The zero-order valence-electron chi connectivity index (χ0n) is 18.3. The van der Waals surface area contributed by atoms with Gasteiger partial charge in [0.25, 0.3) is 0 Å². The van der Waals surface area contributed by atoms with Gasteiger partial charge in [-0.2, -0.15) is 0 Å². The maximum absolute atomic E-state index is 12.4. The van der Waals surface area contributed by atoms with Crippen molar-refractivity contribution in [2.45, 2.75) is 50.7 Å². The van der Waals surface area contributed by atoms with E-state index >= 15 is 0 Å². The molecule has 0 aliphatic carbocycles. The molecule has 32 heavy (non-hydrogen) atoms. The molecule has 3 N–H and O–H groups in total. The Morgan fingerprint density at radius 3 is 2.69 bits per heavy atom. The van der Waals surface area contributed by atoms with E-state index in [0.29, 0.717) is 31.4 Å². The number of rotatable bonds is 6. The third kappa shape index (κ3) is 4.24. The molecule has 4 atom stereocenters. The summed E-state index contributed by atoms with van der Waals surface area (Å²) >= 11 is 0. The molecule has 0 radical (unpaired) electrons. The number of nitrogens with one attached hydrogen (secondary N) is 3. The van der Waals surface area contributed by atoms with Gasteiger partial charge >= 0.3 is 6.09 Å². The van der Waals surface area contributed by atoms with E-state index in [1.54, 1.807) is 0 Å². The lowest BCUT2D eigenvalue weighted by Gasteiger charge is -2.18. The van der Waals surface area contributed by atoms with E-state index in [2.05, 4.69) is 41.6 Å². The Balaban J connectivity index is 1.14. The second kappa shape index (κ2) is 8.94. The lowest BCUT2D eigenvalue weighted by molar-refractivity contribution is 0.00855. The highest BCUT2D eigenvalue weighted by Crippen LogP contribution is 2.30. The predicted molar refractivity (Wildman–Crippen MR) is 123 cm³/mol. The summed E-state index contributed by atoms with van der Waals surface area (Å²) < 4.78 is 17.5. The normalized spacial score (nSPS) is 24.7. The number of aromatic nitrogens is 1. The second-order valence-corrected chi connectivity index (χ2v) is 8.79. The minimum atomic E-state index is -0.490. The van der Waals surface area contributed by atoms with Gasteiger partial charge in [0.1, 0.15) is 12.2 Å². The third-order valence-electron chi connectivity index (χ3n) is 6.32. The van der Waals surface area contributed by atoms with Gasteiger partial charge in [-0.25, -0.2) is 4.79 Å².